The highest BCUT2D eigenvalue weighted by Crippen LogP contribution is 2.18. The van der Waals surface area contributed by atoms with Gasteiger partial charge in [0.2, 0.25) is 0 Å². The molecule has 0 aromatic heterocycles. The van der Waals surface area contributed by atoms with Crippen LogP contribution in [0.4, 0.5) is 4.79 Å². The molecule has 0 heterocycles. The summed E-state index contributed by atoms with van der Waals surface area (Å²) in [7, 11) is 0. The smallest absolute Gasteiger partial charge is 0.329 e. The highest BCUT2D eigenvalue weighted by Gasteiger charge is 2.36. The molecule has 5 heteroatoms. The maximum atomic E-state index is 11.8. The second-order valence-electron chi connectivity index (χ2n) is 5.42. The molecule has 0 aliphatic rings. The number of carbonyl (C=O) groups excluding carboxylic acids is 1. The zero-order chi connectivity index (χ0) is 14.4. The van der Waals surface area contributed by atoms with Gasteiger partial charge in [0.05, 0.1) is 0 Å². The normalized spacial score (nSPS) is 12.1. The zero-order valence-corrected chi connectivity index (χ0v) is 12.1. The second kappa shape index (κ2) is 6.61. The van der Waals surface area contributed by atoms with Crippen LogP contribution in [-0.4, -0.2) is 29.2 Å². The van der Waals surface area contributed by atoms with E-state index >= 15 is 0 Å². The molecule has 0 aliphatic heterocycles. The second-order valence-corrected chi connectivity index (χ2v) is 5.42. The molecule has 0 saturated heterocycles. The molecule has 2 amide bonds. The monoisotopic (exact) mass is 258 g/mol. The summed E-state index contributed by atoms with van der Waals surface area (Å²) >= 11 is 0. The van der Waals surface area contributed by atoms with E-state index in [9.17, 15) is 14.7 Å². The molecule has 0 atom stereocenters. The average molecular weight is 258 g/mol. The van der Waals surface area contributed by atoms with Gasteiger partial charge in [-0.25, -0.2) is 9.59 Å². The van der Waals surface area contributed by atoms with E-state index in [0.29, 0.717) is 19.4 Å². The number of carbonyl (C=O) groups is 2. The predicted octanol–water partition coefficient (Wildman–Crippen LogP) is 2.37. The summed E-state index contributed by atoms with van der Waals surface area (Å²) in [5, 5.41) is 14.5. The fourth-order valence-electron chi connectivity index (χ4n) is 1.49. The van der Waals surface area contributed by atoms with Crippen molar-refractivity contribution in [2.24, 2.45) is 5.41 Å². The van der Waals surface area contributed by atoms with Crippen molar-refractivity contribution in [3.05, 3.63) is 0 Å². The molecule has 0 radical (unpaired) electrons. The van der Waals surface area contributed by atoms with Crippen LogP contribution in [0.15, 0.2) is 0 Å². The van der Waals surface area contributed by atoms with Gasteiger partial charge >= 0.3 is 12.0 Å². The first-order chi connectivity index (χ1) is 8.23. The Morgan fingerprint density at radius 1 is 1.06 bits per heavy atom. The Kier molecular flexibility index (Phi) is 6.15. The van der Waals surface area contributed by atoms with Crippen molar-refractivity contribution in [2.75, 3.05) is 6.54 Å². The van der Waals surface area contributed by atoms with E-state index in [4.69, 9.17) is 0 Å². The first-order valence-corrected chi connectivity index (χ1v) is 6.52. The molecule has 0 saturated carbocycles. The molecule has 5 nitrogen and oxygen atoms in total. The highest BCUT2D eigenvalue weighted by atomic mass is 16.4. The Morgan fingerprint density at radius 2 is 1.56 bits per heavy atom. The lowest BCUT2D eigenvalue weighted by atomic mass is 9.90. The Morgan fingerprint density at radius 3 is 1.89 bits per heavy atom. The molecule has 0 rings (SSSR count). The molecule has 3 N–H and O–H groups in total. The third-order valence-electron chi connectivity index (χ3n) is 3.65. The summed E-state index contributed by atoms with van der Waals surface area (Å²) in [6.07, 6.45) is 1.67. The van der Waals surface area contributed by atoms with Crippen LogP contribution in [0.3, 0.4) is 0 Å². The Hall–Kier alpha value is -1.26. The van der Waals surface area contributed by atoms with Crippen molar-refractivity contribution < 1.29 is 14.7 Å². The molecule has 106 valence electrons. The van der Waals surface area contributed by atoms with Crippen molar-refractivity contribution in [3.8, 4) is 0 Å². The minimum Gasteiger partial charge on any atom is -0.480 e. The fourth-order valence-corrected chi connectivity index (χ4v) is 1.49. The standard InChI is InChI=1S/C13H26N2O3/c1-6-12(4,5)9-14-11(18)15-13(7-2,8-3)10(16)17/h6-9H2,1-5H3,(H,16,17)(H2,14,15,18). The number of carboxylic acid groups (broad SMARTS) is 1. The van der Waals surface area contributed by atoms with Gasteiger partial charge in [-0.1, -0.05) is 34.6 Å². The molecular formula is C13H26N2O3. The van der Waals surface area contributed by atoms with Crippen molar-refractivity contribution in [1.82, 2.24) is 10.6 Å². The minimum absolute atomic E-state index is 0.0155. The number of rotatable bonds is 7. The van der Waals surface area contributed by atoms with Gasteiger partial charge in [-0.2, -0.15) is 0 Å². The van der Waals surface area contributed by atoms with Gasteiger partial charge in [0, 0.05) is 6.54 Å². The van der Waals surface area contributed by atoms with Gasteiger partial charge in [-0.05, 0) is 24.7 Å². The third-order valence-corrected chi connectivity index (χ3v) is 3.65. The quantitative estimate of drug-likeness (QED) is 0.656. The number of hydrogen-bond acceptors (Lipinski definition) is 2. The average Bonchev–Trinajstić information content (AvgIpc) is 2.33. The number of amides is 2. The van der Waals surface area contributed by atoms with Crippen LogP contribution < -0.4 is 10.6 Å². The molecule has 0 fully saturated rings. The number of hydrogen-bond donors (Lipinski definition) is 3. The first-order valence-electron chi connectivity index (χ1n) is 6.52. The van der Waals surface area contributed by atoms with Crippen LogP contribution in [0.2, 0.25) is 0 Å². The fraction of sp³-hybridized carbons (Fsp3) is 0.846. The summed E-state index contributed by atoms with van der Waals surface area (Å²) in [6, 6.07) is -0.414. The number of carboxylic acids is 1. The molecule has 0 aromatic rings. The minimum atomic E-state index is -1.17. The maximum absolute atomic E-state index is 11.8. The molecule has 0 unspecified atom stereocenters. The Balaban J connectivity index is 4.50. The maximum Gasteiger partial charge on any atom is 0.329 e. The summed E-state index contributed by atoms with van der Waals surface area (Å²) in [4.78, 5) is 23.0. The van der Waals surface area contributed by atoms with Crippen LogP contribution in [0.25, 0.3) is 0 Å². The van der Waals surface area contributed by atoms with Gasteiger partial charge in [0.1, 0.15) is 5.54 Å². The predicted molar refractivity (Wildman–Crippen MR) is 71.6 cm³/mol. The molecule has 18 heavy (non-hydrogen) atoms. The summed E-state index contributed by atoms with van der Waals surface area (Å²) in [6.45, 7) is 10.2. The largest absolute Gasteiger partial charge is 0.480 e. The zero-order valence-electron chi connectivity index (χ0n) is 12.1. The lowest BCUT2D eigenvalue weighted by molar-refractivity contribution is -0.144. The summed E-state index contributed by atoms with van der Waals surface area (Å²) in [5.74, 6) is -0.989. The van der Waals surface area contributed by atoms with E-state index in [1.54, 1.807) is 13.8 Å². The van der Waals surface area contributed by atoms with E-state index in [2.05, 4.69) is 31.4 Å². The van der Waals surface area contributed by atoms with Crippen LogP contribution >= 0.6 is 0 Å². The van der Waals surface area contributed by atoms with E-state index < -0.39 is 17.5 Å². The molecule has 0 aliphatic carbocycles. The Bertz CT molecular complexity index is 297. The van der Waals surface area contributed by atoms with Crippen LogP contribution in [-0.2, 0) is 4.79 Å². The van der Waals surface area contributed by atoms with Crippen molar-refractivity contribution in [3.63, 3.8) is 0 Å². The van der Waals surface area contributed by atoms with Gasteiger partial charge < -0.3 is 15.7 Å². The Labute approximate surface area is 109 Å². The van der Waals surface area contributed by atoms with Crippen molar-refractivity contribution >= 4 is 12.0 Å². The summed E-state index contributed by atoms with van der Waals surface area (Å²) in [5.41, 5.74) is -1.15. The number of urea groups is 1. The van der Waals surface area contributed by atoms with Crippen molar-refractivity contribution in [1.29, 1.82) is 0 Å². The van der Waals surface area contributed by atoms with E-state index in [1.807, 2.05) is 0 Å². The SMILES string of the molecule is CCC(C)(C)CNC(=O)NC(CC)(CC)C(=O)O. The van der Waals surface area contributed by atoms with E-state index in [1.165, 1.54) is 0 Å². The van der Waals surface area contributed by atoms with Gasteiger partial charge in [-0.15, -0.1) is 0 Å². The van der Waals surface area contributed by atoms with Crippen molar-refractivity contribution in [2.45, 2.75) is 59.4 Å². The lowest BCUT2D eigenvalue weighted by Gasteiger charge is -2.29. The molecule has 0 bridgehead atoms. The lowest BCUT2D eigenvalue weighted by Crippen LogP contribution is -2.57. The highest BCUT2D eigenvalue weighted by molar-refractivity contribution is 5.86. The van der Waals surface area contributed by atoms with Crippen LogP contribution in [0.5, 0.6) is 0 Å². The topological polar surface area (TPSA) is 78.4 Å². The first kappa shape index (κ1) is 16.7. The third kappa shape index (κ3) is 4.55. The van der Waals surface area contributed by atoms with Crippen LogP contribution in [0, 0.1) is 5.41 Å². The number of aliphatic carboxylic acids is 1. The number of nitrogens with one attached hydrogen (secondary N) is 2. The van der Waals surface area contributed by atoms with Gasteiger partial charge in [0.15, 0.2) is 0 Å². The molecule has 0 aromatic carbocycles. The molecular weight excluding hydrogens is 232 g/mol. The van der Waals surface area contributed by atoms with Crippen LogP contribution in [0.1, 0.15) is 53.9 Å². The van der Waals surface area contributed by atoms with E-state index in [-0.39, 0.29) is 5.41 Å². The van der Waals surface area contributed by atoms with E-state index in [0.717, 1.165) is 6.42 Å². The van der Waals surface area contributed by atoms with Gasteiger partial charge in [-0.3, -0.25) is 0 Å². The summed E-state index contributed by atoms with van der Waals surface area (Å²) < 4.78 is 0. The van der Waals surface area contributed by atoms with Gasteiger partial charge in [0.25, 0.3) is 0 Å². The molecule has 0 spiro atoms.